The van der Waals surface area contributed by atoms with Gasteiger partial charge in [-0.05, 0) is 30.7 Å². The predicted molar refractivity (Wildman–Crippen MR) is 70.8 cm³/mol. The second-order valence-corrected chi connectivity index (χ2v) is 3.89. The molecule has 0 spiro atoms. The Bertz CT molecular complexity index is 383. The van der Waals surface area contributed by atoms with E-state index in [1.165, 1.54) is 0 Å². The average molecular weight is 249 g/mol. The summed E-state index contributed by atoms with van der Waals surface area (Å²) in [5.74, 6) is 0.506. The molecule has 98 valence electrons. The molecule has 0 bridgehead atoms. The average Bonchev–Trinajstić information content (AvgIpc) is 2.42. The minimum Gasteiger partial charge on any atom is -0.490 e. The molecule has 1 atom stereocenters. The molecule has 1 aromatic rings. The number of amides is 1. The van der Waals surface area contributed by atoms with Crippen LogP contribution in [0.3, 0.4) is 0 Å². The zero-order valence-corrected chi connectivity index (χ0v) is 10.6. The summed E-state index contributed by atoms with van der Waals surface area (Å²) in [5, 5.41) is 11.8. The molecule has 0 aliphatic rings. The van der Waals surface area contributed by atoms with Gasteiger partial charge in [0.2, 0.25) is 0 Å². The van der Waals surface area contributed by atoms with Crippen molar-refractivity contribution < 1.29 is 14.6 Å². The van der Waals surface area contributed by atoms with E-state index in [1.54, 1.807) is 30.3 Å². The predicted octanol–water partition coefficient (Wildman–Crippen LogP) is 1.75. The first-order valence-electron chi connectivity index (χ1n) is 5.96. The Balaban J connectivity index is 2.61. The maximum atomic E-state index is 11.8. The Morgan fingerprint density at radius 3 is 2.67 bits per heavy atom. The monoisotopic (exact) mass is 249 g/mol. The van der Waals surface area contributed by atoms with E-state index in [9.17, 15) is 4.79 Å². The van der Waals surface area contributed by atoms with Gasteiger partial charge in [-0.2, -0.15) is 0 Å². The minimum atomic E-state index is -0.200. The molecule has 0 fully saturated rings. The summed E-state index contributed by atoms with van der Waals surface area (Å²) < 4.78 is 5.32. The topological polar surface area (TPSA) is 58.6 Å². The molecule has 2 N–H and O–H groups in total. The highest BCUT2D eigenvalue weighted by molar-refractivity contribution is 5.94. The molecule has 0 heterocycles. The van der Waals surface area contributed by atoms with Crippen LogP contribution in [0.15, 0.2) is 36.9 Å². The molecule has 0 aliphatic heterocycles. The van der Waals surface area contributed by atoms with Crippen molar-refractivity contribution in [3.8, 4) is 5.75 Å². The summed E-state index contributed by atoms with van der Waals surface area (Å²) in [6.07, 6.45) is 2.36. The van der Waals surface area contributed by atoms with Crippen LogP contribution >= 0.6 is 0 Å². The number of carbonyl (C=O) groups excluding carboxylic acids is 1. The first-order valence-corrected chi connectivity index (χ1v) is 5.96. The number of benzene rings is 1. The van der Waals surface area contributed by atoms with Gasteiger partial charge >= 0.3 is 0 Å². The summed E-state index contributed by atoms with van der Waals surface area (Å²) in [7, 11) is 0. The first-order chi connectivity index (χ1) is 8.71. The third kappa shape index (κ3) is 4.22. The molecule has 0 saturated carbocycles. The zero-order chi connectivity index (χ0) is 13.4. The van der Waals surface area contributed by atoms with E-state index in [-0.39, 0.29) is 18.6 Å². The van der Waals surface area contributed by atoms with Crippen molar-refractivity contribution in [2.45, 2.75) is 19.4 Å². The normalized spacial score (nSPS) is 11.7. The molecule has 18 heavy (non-hydrogen) atoms. The van der Waals surface area contributed by atoms with Crippen molar-refractivity contribution in [1.82, 2.24) is 5.32 Å². The zero-order valence-electron chi connectivity index (χ0n) is 10.6. The van der Waals surface area contributed by atoms with Gasteiger partial charge in [-0.1, -0.05) is 19.6 Å². The number of rotatable bonds is 7. The molecule has 0 unspecified atom stereocenters. The Hall–Kier alpha value is -1.81. The van der Waals surface area contributed by atoms with Crippen LogP contribution in [-0.2, 0) is 0 Å². The van der Waals surface area contributed by atoms with Crippen LogP contribution in [0, 0.1) is 0 Å². The van der Waals surface area contributed by atoms with Gasteiger partial charge < -0.3 is 15.2 Å². The molecule has 4 heteroatoms. The Labute approximate surface area is 107 Å². The Morgan fingerprint density at radius 2 is 2.17 bits per heavy atom. The van der Waals surface area contributed by atoms with Gasteiger partial charge in [-0.25, -0.2) is 0 Å². The lowest BCUT2D eigenvalue weighted by Crippen LogP contribution is -2.36. The van der Waals surface area contributed by atoms with Crippen molar-refractivity contribution >= 4 is 5.91 Å². The maximum absolute atomic E-state index is 11.8. The lowest BCUT2D eigenvalue weighted by Gasteiger charge is -2.14. The van der Waals surface area contributed by atoms with Crippen LogP contribution in [0.25, 0.3) is 0 Å². The molecular formula is C14H19NO3. The van der Waals surface area contributed by atoms with E-state index in [4.69, 9.17) is 9.84 Å². The molecule has 0 saturated heterocycles. The number of aliphatic hydroxyl groups excluding tert-OH is 1. The van der Waals surface area contributed by atoms with Crippen LogP contribution in [0.1, 0.15) is 23.7 Å². The summed E-state index contributed by atoms with van der Waals surface area (Å²) in [5.41, 5.74) is 0.549. The van der Waals surface area contributed by atoms with Crippen LogP contribution in [0.2, 0.25) is 0 Å². The quantitative estimate of drug-likeness (QED) is 0.724. The van der Waals surface area contributed by atoms with Crippen molar-refractivity contribution in [1.29, 1.82) is 0 Å². The third-order valence-corrected chi connectivity index (χ3v) is 2.53. The summed E-state index contributed by atoms with van der Waals surface area (Å²) in [4.78, 5) is 11.8. The molecule has 1 amide bonds. The molecule has 0 radical (unpaired) electrons. The number of nitrogens with one attached hydrogen (secondary N) is 1. The van der Waals surface area contributed by atoms with Crippen molar-refractivity contribution in [3.63, 3.8) is 0 Å². The fourth-order valence-electron chi connectivity index (χ4n) is 1.40. The second kappa shape index (κ2) is 7.50. The summed E-state index contributed by atoms with van der Waals surface area (Å²) in [6.45, 7) is 5.86. The lowest BCUT2D eigenvalue weighted by atomic mass is 10.1. The fourth-order valence-corrected chi connectivity index (χ4v) is 1.40. The summed E-state index contributed by atoms with van der Waals surface area (Å²) in [6, 6.07) is 6.65. The van der Waals surface area contributed by atoms with Gasteiger partial charge in [0.25, 0.3) is 5.91 Å². The second-order valence-electron chi connectivity index (χ2n) is 3.89. The van der Waals surface area contributed by atoms with E-state index in [0.29, 0.717) is 24.3 Å². The Kier molecular flexibility index (Phi) is 5.94. The minimum absolute atomic E-state index is 0.0528. The van der Waals surface area contributed by atoms with Crippen LogP contribution in [0.5, 0.6) is 5.75 Å². The standard InChI is InChI=1S/C14H19NO3/c1-3-9-18-13-7-5-11(6-8-13)14(17)15-12(4-2)10-16/h3,5-8,12,16H,1,4,9-10H2,2H3,(H,15,17)/t12-/m0/s1. The largest absolute Gasteiger partial charge is 0.490 e. The van der Waals surface area contributed by atoms with E-state index in [1.807, 2.05) is 6.92 Å². The van der Waals surface area contributed by atoms with Gasteiger partial charge in [-0.3, -0.25) is 4.79 Å². The first kappa shape index (κ1) is 14.3. The van der Waals surface area contributed by atoms with Crippen LogP contribution in [-0.4, -0.2) is 30.3 Å². The number of aliphatic hydroxyl groups is 1. The molecule has 1 aromatic carbocycles. The van der Waals surface area contributed by atoms with Crippen molar-refractivity contribution in [3.05, 3.63) is 42.5 Å². The van der Waals surface area contributed by atoms with E-state index in [0.717, 1.165) is 0 Å². The van der Waals surface area contributed by atoms with E-state index < -0.39 is 0 Å². The molecular weight excluding hydrogens is 230 g/mol. The molecule has 4 nitrogen and oxygen atoms in total. The van der Waals surface area contributed by atoms with E-state index in [2.05, 4.69) is 11.9 Å². The molecule has 0 aliphatic carbocycles. The van der Waals surface area contributed by atoms with Gasteiger partial charge in [-0.15, -0.1) is 0 Å². The van der Waals surface area contributed by atoms with Gasteiger partial charge in [0, 0.05) is 5.56 Å². The SMILES string of the molecule is C=CCOc1ccc(C(=O)N[C@@H](CC)CO)cc1. The molecule has 0 aromatic heterocycles. The maximum Gasteiger partial charge on any atom is 0.251 e. The number of carbonyl (C=O) groups is 1. The smallest absolute Gasteiger partial charge is 0.251 e. The summed E-state index contributed by atoms with van der Waals surface area (Å²) >= 11 is 0. The number of hydrogen-bond donors (Lipinski definition) is 2. The van der Waals surface area contributed by atoms with E-state index >= 15 is 0 Å². The van der Waals surface area contributed by atoms with Crippen molar-refractivity contribution in [2.24, 2.45) is 0 Å². The van der Waals surface area contributed by atoms with Gasteiger partial charge in [0.1, 0.15) is 12.4 Å². The highest BCUT2D eigenvalue weighted by atomic mass is 16.5. The Morgan fingerprint density at radius 1 is 1.50 bits per heavy atom. The van der Waals surface area contributed by atoms with Gasteiger partial charge in [0.15, 0.2) is 0 Å². The molecule has 1 rings (SSSR count). The number of ether oxygens (including phenoxy) is 1. The number of hydrogen-bond acceptors (Lipinski definition) is 3. The fraction of sp³-hybridized carbons (Fsp3) is 0.357. The highest BCUT2D eigenvalue weighted by Crippen LogP contribution is 2.12. The highest BCUT2D eigenvalue weighted by Gasteiger charge is 2.10. The van der Waals surface area contributed by atoms with Crippen LogP contribution < -0.4 is 10.1 Å². The van der Waals surface area contributed by atoms with Gasteiger partial charge in [0.05, 0.1) is 12.6 Å². The lowest BCUT2D eigenvalue weighted by molar-refractivity contribution is 0.0915. The van der Waals surface area contributed by atoms with Crippen LogP contribution in [0.4, 0.5) is 0 Å². The van der Waals surface area contributed by atoms with Crippen molar-refractivity contribution in [2.75, 3.05) is 13.2 Å². The third-order valence-electron chi connectivity index (χ3n) is 2.53.